The normalized spacial score (nSPS) is 25.7. The smallest absolute Gasteiger partial charge is 0.434 e. The average molecular weight is 170 g/mol. The van der Waals surface area contributed by atoms with Crippen LogP contribution in [0.2, 0.25) is 0 Å². The standard InChI is InChI=1S/C9H14O3/c1-2-8-5-3-4-6-11-9(10)12-7-8/h2,8H,1,3-7H2. The summed E-state index contributed by atoms with van der Waals surface area (Å²) in [6, 6.07) is 0. The summed E-state index contributed by atoms with van der Waals surface area (Å²) in [4.78, 5) is 10.8. The third-order valence-corrected chi connectivity index (χ3v) is 1.94. The van der Waals surface area contributed by atoms with E-state index in [1.54, 1.807) is 0 Å². The SMILES string of the molecule is C=CC1CCCCOC(=O)OC1. The molecule has 0 spiro atoms. The van der Waals surface area contributed by atoms with Crippen molar-refractivity contribution in [2.75, 3.05) is 13.2 Å². The van der Waals surface area contributed by atoms with Crippen molar-refractivity contribution in [2.45, 2.75) is 19.3 Å². The number of rotatable bonds is 1. The van der Waals surface area contributed by atoms with Crippen molar-refractivity contribution < 1.29 is 14.3 Å². The monoisotopic (exact) mass is 170 g/mol. The van der Waals surface area contributed by atoms with E-state index in [-0.39, 0.29) is 5.92 Å². The Labute approximate surface area is 72.4 Å². The molecule has 0 aromatic carbocycles. The summed E-state index contributed by atoms with van der Waals surface area (Å²) in [5, 5.41) is 0. The summed E-state index contributed by atoms with van der Waals surface area (Å²) in [5.74, 6) is 0.288. The molecule has 12 heavy (non-hydrogen) atoms. The van der Waals surface area contributed by atoms with Crippen molar-refractivity contribution in [2.24, 2.45) is 5.92 Å². The summed E-state index contributed by atoms with van der Waals surface area (Å²) >= 11 is 0. The first-order chi connectivity index (χ1) is 5.83. The first kappa shape index (κ1) is 9.10. The molecule has 1 aliphatic heterocycles. The molecule has 0 aromatic rings. The van der Waals surface area contributed by atoms with Gasteiger partial charge in [-0.05, 0) is 19.3 Å². The van der Waals surface area contributed by atoms with E-state index >= 15 is 0 Å². The van der Waals surface area contributed by atoms with Gasteiger partial charge in [-0.2, -0.15) is 0 Å². The summed E-state index contributed by atoms with van der Waals surface area (Å²) < 4.78 is 9.59. The molecule has 3 heteroatoms. The zero-order valence-electron chi connectivity index (χ0n) is 7.12. The molecule has 68 valence electrons. The van der Waals surface area contributed by atoms with Crippen molar-refractivity contribution in [3.8, 4) is 0 Å². The van der Waals surface area contributed by atoms with Crippen molar-refractivity contribution in [3.63, 3.8) is 0 Å². The predicted molar refractivity (Wildman–Crippen MR) is 44.8 cm³/mol. The van der Waals surface area contributed by atoms with Gasteiger partial charge in [0.15, 0.2) is 0 Å². The van der Waals surface area contributed by atoms with E-state index in [9.17, 15) is 4.79 Å². The molecule has 1 unspecified atom stereocenters. The summed E-state index contributed by atoms with van der Waals surface area (Å²) in [7, 11) is 0. The second-order valence-corrected chi connectivity index (χ2v) is 2.90. The van der Waals surface area contributed by atoms with E-state index in [1.165, 1.54) is 0 Å². The van der Waals surface area contributed by atoms with Gasteiger partial charge in [-0.1, -0.05) is 6.08 Å². The van der Waals surface area contributed by atoms with E-state index in [4.69, 9.17) is 9.47 Å². The average Bonchev–Trinajstić information content (AvgIpc) is 2.17. The molecule has 1 saturated heterocycles. The Hall–Kier alpha value is -0.990. The zero-order chi connectivity index (χ0) is 8.81. The van der Waals surface area contributed by atoms with E-state index in [0.717, 1.165) is 19.3 Å². The molecule has 0 aromatic heterocycles. The Morgan fingerprint density at radius 3 is 3.00 bits per heavy atom. The van der Waals surface area contributed by atoms with Crippen molar-refractivity contribution in [3.05, 3.63) is 12.7 Å². The Balaban J connectivity index is 2.39. The van der Waals surface area contributed by atoms with Gasteiger partial charge in [0.25, 0.3) is 0 Å². The molecule has 0 amide bonds. The largest absolute Gasteiger partial charge is 0.508 e. The lowest BCUT2D eigenvalue weighted by Crippen LogP contribution is -2.11. The van der Waals surface area contributed by atoms with Crippen LogP contribution >= 0.6 is 0 Å². The minimum Gasteiger partial charge on any atom is -0.434 e. The van der Waals surface area contributed by atoms with Gasteiger partial charge in [-0.25, -0.2) is 4.79 Å². The number of carbonyl (C=O) groups excluding carboxylic acids is 1. The van der Waals surface area contributed by atoms with Gasteiger partial charge >= 0.3 is 6.16 Å². The topological polar surface area (TPSA) is 35.5 Å². The molecular weight excluding hydrogens is 156 g/mol. The number of cyclic esters (lactones) is 2. The highest BCUT2D eigenvalue weighted by Crippen LogP contribution is 2.12. The van der Waals surface area contributed by atoms with Gasteiger partial charge in [0.1, 0.15) is 6.61 Å². The van der Waals surface area contributed by atoms with Crippen LogP contribution in [0.15, 0.2) is 12.7 Å². The minimum atomic E-state index is -0.552. The maximum absolute atomic E-state index is 10.8. The first-order valence-corrected chi connectivity index (χ1v) is 4.25. The molecular formula is C9H14O3. The van der Waals surface area contributed by atoms with Crippen LogP contribution in [0.5, 0.6) is 0 Å². The molecule has 3 nitrogen and oxygen atoms in total. The van der Waals surface area contributed by atoms with Crippen LogP contribution < -0.4 is 0 Å². The second-order valence-electron chi connectivity index (χ2n) is 2.90. The Morgan fingerprint density at radius 1 is 1.42 bits per heavy atom. The van der Waals surface area contributed by atoms with Crippen molar-refractivity contribution in [1.29, 1.82) is 0 Å². The highest BCUT2D eigenvalue weighted by atomic mass is 16.7. The molecule has 1 rings (SSSR count). The number of ether oxygens (including phenoxy) is 2. The molecule has 0 radical (unpaired) electrons. The zero-order valence-corrected chi connectivity index (χ0v) is 7.12. The highest BCUT2D eigenvalue weighted by molar-refractivity contribution is 5.59. The number of carbonyl (C=O) groups is 1. The van der Waals surface area contributed by atoms with Crippen LogP contribution in [0.4, 0.5) is 4.79 Å². The third kappa shape index (κ3) is 2.95. The quantitative estimate of drug-likeness (QED) is 0.446. The summed E-state index contributed by atoms with van der Waals surface area (Å²) in [5.41, 5.74) is 0. The van der Waals surface area contributed by atoms with Gasteiger partial charge in [-0.3, -0.25) is 0 Å². The fourth-order valence-electron chi connectivity index (χ4n) is 1.15. The Morgan fingerprint density at radius 2 is 2.25 bits per heavy atom. The van der Waals surface area contributed by atoms with Crippen LogP contribution in [-0.2, 0) is 9.47 Å². The summed E-state index contributed by atoms with van der Waals surface area (Å²) in [6.45, 7) is 4.56. The van der Waals surface area contributed by atoms with E-state index in [2.05, 4.69) is 6.58 Å². The molecule has 1 atom stereocenters. The number of hydrogen-bond acceptors (Lipinski definition) is 3. The van der Waals surface area contributed by atoms with Gasteiger partial charge < -0.3 is 9.47 Å². The van der Waals surface area contributed by atoms with E-state index < -0.39 is 6.16 Å². The molecule has 0 N–H and O–H groups in total. The van der Waals surface area contributed by atoms with Crippen LogP contribution in [-0.4, -0.2) is 19.4 Å². The van der Waals surface area contributed by atoms with Gasteiger partial charge in [0, 0.05) is 5.92 Å². The first-order valence-electron chi connectivity index (χ1n) is 4.25. The molecule has 0 aliphatic carbocycles. The van der Waals surface area contributed by atoms with Crippen LogP contribution in [0.3, 0.4) is 0 Å². The lowest BCUT2D eigenvalue weighted by atomic mass is 10.0. The number of hydrogen-bond donors (Lipinski definition) is 0. The van der Waals surface area contributed by atoms with E-state index in [1.807, 2.05) is 6.08 Å². The minimum absolute atomic E-state index is 0.288. The van der Waals surface area contributed by atoms with Gasteiger partial charge in [0.05, 0.1) is 6.61 Å². The molecule has 1 aliphatic rings. The maximum atomic E-state index is 10.8. The molecule has 0 bridgehead atoms. The Kier molecular flexibility index (Phi) is 3.64. The maximum Gasteiger partial charge on any atom is 0.508 e. The predicted octanol–water partition coefficient (Wildman–Crippen LogP) is 2.13. The lowest BCUT2D eigenvalue weighted by Gasteiger charge is -2.08. The third-order valence-electron chi connectivity index (χ3n) is 1.94. The van der Waals surface area contributed by atoms with E-state index in [0.29, 0.717) is 13.2 Å². The molecule has 0 saturated carbocycles. The van der Waals surface area contributed by atoms with Crippen molar-refractivity contribution in [1.82, 2.24) is 0 Å². The van der Waals surface area contributed by atoms with Crippen molar-refractivity contribution >= 4 is 6.16 Å². The van der Waals surface area contributed by atoms with Gasteiger partial charge in [0.2, 0.25) is 0 Å². The van der Waals surface area contributed by atoms with Crippen LogP contribution in [0.25, 0.3) is 0 Å². The van der Waals surface area contributed by atoms with Crippen LogP contribution in [0, 0.1) is 5.92 Å². The molecule has 1 fully saturated rings. The Bertz CT molecular complexity index is 165. The highest BCUT2D eigenvalue weighted by Gasteiger charge is 2.12. The lowest BCUT2D eigenvalue weighted by molar-refractivity contribution is 0.0530. The molecule has 1 heterocycles. The summed E-state index contributed by atoms with van der Waals surface area (Å²) in [6.07, 6.45) is 4.29. The fourth-order valence-corrected chi connectivity index (χ4v) is 1.15. The van der Waals surface area contributed by atoms with Gasteiger partial charge in [-0.15, -0.1) is 6.58 Å². The fraction of sp³-hybridized carbons (Fsp3) is 0.667. The van der Waals surface area contributed by atoms with Crippen LogP contribution in [0.1, 0.15) is 19.3 Å². The second kappa shape index (κ2) is 4.80.